The molecule has 0 saturated heterocycles. The monoisotopic (exact) mass is 246 g/mol. The lowest BCUT2D eigenvalue weighted by Crippen LogP contribution is -1.97. The molecule has 18 heavy (non-hydrogen) atoms. The Morgan fingerprint density at radius 3 is 3.06 bits per heavy atom. The van der Waals surface area contributed by atoms with E-state index in [0.29, 0.717) is 31.3 Å². The Bertz CT molecular complexity index is 793. The van der Waals surface area contributed by atoms with Gasteiger partial charge in [0.15, 0.2) is 0 Å². The van der Waals surface area contributed by atoms with Crippen molar-refractivity contribution in [2.24, 2.45) is 0 Å². The number of nitriles is 1. The normalized spacial score (nSPS) is 13.5. The van der Waals surface area contributed by atoms with Crippen LogP contribution in [0.15, 0.2) is 30.4 Å². The molecule has 0 bridgehead atoms. The summed E-state index contributed by atoms with van der Waals surface area (Å²) in [6, 6.07) is 2.47. The number of carboxylic acids is 1. The molecule has 0 fully saturated rings. The molecule has 1 aromatic heterocycles. The van der Waals surface area contributed by atoms with E-state index in [2.05, 4.69) is 0 Å². The number of fused-ring (bicyclic) bond motifs is 1. The van der Waals surface area contributed by atoms with Gasteiger partial charge in [0.1, 0.15) is 0 Å². The second-order valence-corrected chi connectivity index (χ2v) is 3.86. The fourth-order valence-corrected chi connectivity index (χ4v) is 1.80. The van der Waals surface area contributed by atoms with Crippen LogP contribution in [0.2, 0.25) is 0 Å². The van der Waals surface area contributed by atoms with Crippen molar-refractivity contribution in [2.45, 2.75) is 25.8 Å². The molecule has 0 atom stereocenters. The van der Waals surface area contributed by atoms with Crippen LogP contribution in [-0.2, 0) is 6.54 Å². The first-order valence-corrected chi connectivity index (χ1v) is 5.60. The molecule has 0 aliphatic carbocycles. The zero-order valence-corrected chi connectivity index (χ0v) is 9.66. The number of nitrogens with zero attached hydrogens (tertiary/aromatic N) is 2. The fraction of sp³-hybridized carbons (Fsp3) is 0.286. The first-order chi connectivity index (χ1) is 10.4. The Morgan fingerprint density at radius 1 is 1.50 bits per heavy atom. The molecule has 92 valence electrons. The van der Waals surface area contributed by atoms with Crippen LogP contribution >= 0.6 is 0 Å². The number of hydrogen-bond acceptors (Lipinski definition) is 2. The lowest BCUT2D eigenvalue weighted by molar-refractivity contribution is 0.0699. The molecular formula is C14H14N2O2. The average Bonchev–Trinajstić information content (AvgIpc) is 2.74. The van der Waals surface area contributed by atoms with Gasteiger partial charge in [0.25, 0.3) is 0 Å². The van der Waals surface area contributed by atoms with E-state index in [1.807, 2.05) is 6.07 Å². The molecule has 0 aliphatic rings. The first kappa shape index (κ1) is 7.93. The lowest BCUT2D eigenvalue weighted by atomic mass is 10.2. The molecule has 0 amide bonds. The number of hydrogen-bond donors (Lipinski definition) is 1. The van der Waals surface area contributed by atoms with Gasteiger partial charge in [-0.2, -0.15) is 5.26 Å². The van der Waals surface area contributed by atoms with E-state index >= 15 is 0 Å². The smallest absolute Gasteiger partial charge is 0.337 e. The van der Waals surface area contributed by atoms with Crippen LogP contribution < -0.4 is 0 Å². The van der Waals surface area contributed by atoms with Gasteiger partial charge in [-0.25, -0.2) is 4.79 Å². The highest BCUT2D eigenvalue weighted by Gasteiger charge is 2.12. The van der Waals surface area contributed by atoms with Crippen molar-refractivity contribution >= 4 is 16.9 Å². The minimum Gasteiger partial charge on any atom is -0.478 e. The summed E-state index contributed by atoms with van der Waals surface area (Å²) in [5, 5.41) is 17.9. The molecule has 0 unspecified atom stereocenters. The fourth-order valence-electron chi connectivity index (χ4n) is 1.80. The zero-order chi connectivity index (χ0) is 16.4. The van der Waals surface area contributed by atoms with Crippen molar-refractivity contribution in [3.05, 3.63) is 35.9 Å². The maximum absolute atomic E-state index is 11.4. The standard InChI is InChI=1S/C14H14N2O2/c15-8-4-1-5-9-16-10-12(14(17)18)11-6-2-3-7-13(11)16/h2-3,6-7,10H,1,4-5,9H2,(H,17,18)/i2D,3D,6D,10D. The Hall–Kier alpha value is -2.28. The van der Waals surface area contributed by atoms with Crippen molar-refractivity contribution in [3.8, 4) is 6.07 Å². The van der Waals surface area contributed by atoms with Crippen LogP contribution in [0.25, 0.3) is 10.9 Å². The van der Waals surface area contributed by atoms with Crippen molar-refractivity contribution in [1.29, 1.82) is 5.26 Å². The molecule has 2 aromatic rings. The van der Waals surface area contributed by atoms with Crippen molar-refractivity contribution in [1.82, 2.24) is 4.57 Å². The summed E-state index contributed by atoms with van der Waals surface area (Å²) in [6.07, 6.45) is 1.35. The highest BCUT2D eigenvalue weighted by atomic mass is 16.4. The Balaban J connectivity index is 2.64. The first-order valence-electron chi connectivity index (χ1n) is 7.60. The van der Waals surface area contributed by atoms with Gasteiger partial charge in [-0.1, -0.05) is 18.1 Å². The molecule has 0 aliphatic heterocycles. The highest BCUT2D eigenvalue weighted by molar-refractivity contribution is 6.03. The average molecular weight is 246 g/mol. The second kappa shape index (κ2) is 5.37. The minimum absolute atomic E-state index is 0.0267. The van der Waals surface area contributed by atoms with Crippen LogP contribution in [0.3, 0.4) is 0 Å². The van der Waals surface area contributed by atoms with E-state index in [4.69, 9.17) is 10.7 Å². The number of aryl methyl sites for hydroxylation is 1. The number of rotatable bonds is 5. The van der Waals surface area contributed by atoms with Crippen molar-refractivity contribution in [2.75, 3.05) is 0 Å². The predicted molar refractivity (Wildman–Crippen MR) is 68.4 cm³/mol. The molecule has 0 radical (unpaired) electrons. The third kappa shape index (κ3) is 2.35. The summed E-state index contributed by atoms with van der Waals surface area (Å²) in [7, 11) is 0. The largest absolute Gasteiger partial charge is 0.478 e. The van der Waals surface area contributed by atoms with Crippen LogP contribution in [0.4, 0.5) is 0 Å². The molecule has 4 heteroatoms. The summed E-state index contributed by atoms with van der Waals surface area (Å²) in [4.78, 5) is 11.4. The maximum atomic E-state index is 11.4. The summed E-state index contributed by atoms with van der Waals surface area (Å²) >= 11 is 0. The Kier molecular flexibility index (Phi) is 2.37. The third-order valence-electron chi connectivity index (χ3n) is 2.65. The van der Waals surface area contributed by atoms with E-state index < -0.39 is 5.97 Å². The Labute approximate surface area is 111 Å². The van der Waals surface area contributed by atoms with Gasteiger partial charge >= 0.3 is 5.97 Å². The van der Waals surface area contributed by atoms with E-state index in [0.717, 1.165) is 0 Å². The maximum Gasteiger partial charge on any atom is 0.337 e. The molecule has 1 heterocycles. The summed E-state index contributed by atoms with van der Waals surface area (Å²) in [5.74, 6) is -1.32. The van der Waals surface area contributed by atoms with E-state index in [9.17, 15) is 9.90 Å². The number of carbonyl (C=O) groups is 1. The van der Waals surface area contributed by atoms with Gasteiger partial charge in [-0.05, 0) is 18.9 Å². The van der Waals surface area contributed by atoms with Gasteiger partial charge < -0.3 is 9.67 Å². The predicted octanol–water partition coefficient (Wildman–Crippen LogP) is 3.03. The van der Waals surface area contributed by atoms with Gasteiger partial charge in [0, 0.05) is 30.0 Å². The zero-order valence-electron chi connectivity index (χ0n) is 13.7. The van der Waals surface area contributed by atoms with Crippen LogP contribution in [0.1, 0.15) is 35.1 Å². The Morgan fingerprint density at radius 2 is 2.33 bits per heavy atom. The number of para-hydroxylation sites is 1. The third-order valence-corrected chi connectivity index (χ3v) is 2.65. The minimum atomic E-state index is -1.32. The topological polar surface area (TPSA) is 66.0 Å². The lowest BCUT2D eigenvalue weighted by Gasteiger charge is -2.03. The van der Waals surface area contributed by atoms with Crippen LogP contribution in [-0.4, -0.2) is 15.6 Å². The van der Waals surface area contributed by atoms with Crippen LogP contribution in [0.5, 0.6) is 0 Å². The molecule has 2 rings (SSSR count). The summed E-state index contributed by atoms with van der Waals surface area (Å²) in [6.45, 7) is 0.334. The highest BCUT2D eigenvalue weighted by Crippen LogP contribution is 2.21. The van der Waals surface area contributed by atoms with Crippen LogP contribution in [0, 0.1) is 11.3 Å². The summed E-state index contributed by atoms with van der Waals surface area (Å²) < 4.78 is 32.7. The molecule has 1 aromatic carbocycles. The van der Waals surface area contributed by atoms with Gasteiger partial charge in [0.05, 0.1) is 17.1 Å². The molecule has 4 nitrogen and oxygen atoms in total. The molecule has 1 N–H and O–H groups in total. The van der Waals surface area contributed by atoms with Gasteiger partial charge in [-0.15, -0.1) is 0 Å². The number of unbranched alkanes of at least 4 members (excludes halogenated alkanes) is 2. The molecular weight excluding hydrogens is 228 g/mol. The van der Waals surface area contributed by atoms with E-state index in [1.165, 1.54) is 10.6 Å². The number of aromatic nitrogens is 1. The van der Waals surface area contributed by atoms with Crippen molar-refractivity contribution in [3.63, 3.8) is 0 Å². The molecule has 0 saturated carbocycles. The quantitative estimate of drug-likeness (QED) is 0.824. The number of benzene rings is 1. The number of aromatic carboxylic acids is 1. The second-order valence-electron chi connectivity index (χ2n) is 3.86. The molecule has 0 spiro atoms. The number of carboxylic acid groups (broad SMARTS) is 1. The van der Waals surface area contributed by atoms with Crippen molar-refractivity contribution < 1.29 is 15.4 Å². The van der Waals surface area contributed by atoms with Gasteiger partial charge in [0.2, 0.25) is 0 Å². The SMILES string of the molecule is [2H]c1cc2c(c([2H])c1[2H])c(C(=O)O)c([2H])n2CCCCC#N. The van der Waals surface area contributed by atoms with Gasteiger partial charge in [-0.3, -0.25) is 0 Å². The van der Waals surface area contributed by atoms with E-state index in [1.54, 1.807) is 0 Å². The summed E-state index contributed by atoms with van der Waals surface area (Å²) in [5.41, 5.74) is -0.000796. The van der Waals surface area contributed by atoms with E-state index in [-0.39, 0.29) is 35.2 Å².